The van der Waals surface area contributed by atoms with Crippen molar-refractivity contribution in [3.63, 3.8) is 0 Å². The Labute approximate surface area is 180 Å². The second-order valence-corrected chi connectivity index (χ2v) is 8.30. The summed E-state index contributed by atoms with van der Waals surface area (Å²) in [5.74, 6) is -2.44. The van der Waals surface area contributed by atoms with Gasteiger partial charge in [0.15, 0.2) is 0 Å². The molecule has 3 aliphatic rings. The molecule has 0 aliphatic carbocycles. The Hall–Kier alpha value is -2.73. The fourth-order valence-electron chi connectivity index (χ4n) is 3.17. The maximum Gasteiger partial charge on any atom is 0.326 e. The van der Waals surface area contributed by atoms with E-state index in [2.05, 4.69) is 21.3 Å². The highest BCUT2D eigenvalue weighted by Crippen LogP contribution is 2.21. The van der Waals surface area contributed by atoms with Crippen LogP contribution in [0, 0.1) is 5.41 Å². The number of rotatable bonds is 5. The molecule has 3 heterocycles. The van der Waals surface area contributed by atoms with Crippen LogP contribution in [0.3, 0.4) is 0 Å². The van der Waals surface area contributed by atoms with Gasteiger partial charge in [-0.05, 0) is 19.3 Å². The second-order valence-electron chi connectivity index (χ2n) is 8.30. The van der Waals surface area contributed by atoms with Gasteiger partial charge in [-0.15, -0.1) is 0 Å². The Morgan fingerprint density at radius 3 is 1.71 bits per heavy atom. The number of nitrogens with two attached hydrogens (primary N) is 1. The van der Waals surface area contributed by atoms with Crippen molar-refractivity contribution in [1.29, 1.82) is 0 Å². The molecule has 12 nitrogen and oxygen atoms in total. The van der Waals surface area contributed by atoms with Crippen molar-refractivity contribution in [2.75, 3.05) is 19.6 Å². The van der Waals surface area contributed by atoms with E-state index in [4.69, 9.17) is 15.9 Å². The third-order valence-corrected chi connectivity index (χ3v) is 5.14. The maximum atomic E-state index is 11.1. The summed E-state index contributed by atoms with van der Waals surface area (Å²) in [5, 5.41) is 27.9. The fraction of sp³-hybridized carbons (Fsp3) is 0.737. The molecule has 3 aliphatic heterocycles. The van der Waals surface area contributed by atoms with E-state index in [0.29, 0.717) is 31.7 Å². The van der Waals surface area contributed by atoms with Gasteiger partial charge in [0.25, 0.3) is 0 Å². The van der Waals surface area contributed by atoms with E-state index in [9.17, 15) is 24.0 Å². The van der Waals surface area contributed by atoms with Gasteiger partial charge in [-0.2, -0.15) is 0 Å². The summed E-state index contributed by atoms with van der Waals surface area (Å²) in [4.78, 5) is 52.1. The van der Waals surface area contributed by atoms with Gasteiger partial charge >= 0.3 is 11.9 Å². The first kappa shape index (κ1) is 26.3. The summed E-state index contributed by atoms with van der Waals surface area (Å²) >= 11 is 0. The van der Waals surface area contributed by atoms with Crippen LogP contribution in [0.15, 0.2) is 0 Å². The van der Waals surface area contributed by atoms with Gasteiger partial charge in [-0.25, -0.2) is 9.59 Å². The van der Waals surface area contributed by atoms with Crippen molar-refractivity contribution in [1.82, 2.24) is 21.3 Å². The number of carbonyl (C=O) groups excluding carboxylic acids is 3. The zero-order valence-electron chi connectivity index (χ0n) is 17.9. The zero-order chi connectivity index (χ0) is 23.6. The molecule has 12 heteroatoms. The van der Waals surface area contributed by atoms with Crippen LogP contribution < -0.4 is 27.0 Å². The summed E-state index contributed by atoms with van der Waals surface area (Å²) in [5.41, 5.74) is 4.89. The average Bonchev–Trinajstić information content (AvgIpc) is 3.32. The van der Waals surface area contributed by atoms with Gasteiger partial charge in [0.2, 0.25) is 17.7 Å². The van der Waals surface area contributed by atoms with Crippen LogP contribution in [0.4, 0.5) is 0 Å². The quantitative estimate of drug-likeness (QED) is 0.255. The molecule has 8 N–H and O–H groups in total. The largest absolute Gasteiger partial charge is 0.480 e. The topological polar surface area (TPSA) is 200 Å². The lowest BCUT2D eigenvalue weighted by Crippen LogP contribution is -2.51. The summed E-state index contributed by atoms with van der Waals surface area (Å²) < 4.78 is 0. The van der Waals surface area contributed by atoms with Crippen LogP contribution in [0.25, 0.3) is 0 Å². The summed E-state index contributed by atoms with van der Waals surface area (Å²) in [7, 11) is 0. The van der Waals surface area contributed by atoms with Crippen molar-refractivity contribution < 1.29 is 34.2 Å². The first-order valence-electron chi connectivity index (χ1n) is 10.2. The monoisotopic (exact) mass is 443 g/mol. The molecular weight excluding hydrogens is 410 g/mol. The molecule has 0 unspecified atom stereocenters. The molecule has 31 heavy (non-hydrogen) atoms. The van der Waals surface area contributed by atoms with Crippen LogP contribution in [0.1, 0.15) is 46.0 Å². The number of nitrogens with one attached hydrogen (secondary N) is 4. The smallest absolute Gasteiger partial charge is 0.326 e. The number of hydrogen-bond acceptors (Lipinski definition) is 7. The summed E-state index contributed by atoms with van der Waals surface area (Å²) in [6.45, 7) is 6.70. The van der Waals surface area contributed by atoms with Crippen LogP contribution in [-0.2, 0) is 24.0 Å². The predicted octanol–water partition coefficient (Wildman–Crippen LogP) is -1.85. The summed E-state index contributed by atoms with van der Waals surface area (Å²) in [6, 6.07) is -0.911. The van der Waals surface area contributed by atoms with Gasteiger partial charge in [-0.1, -0.05) is 13.8 Å². The Morgan fingerprint density at radius 1 is 0.968 bits per heavy atom. The van der Waals surface area contributed by atoms with E-state index >= 15 is 0 Å². The molecule has 0 saturated carbocycles. The SMILES string of the molecule is CC(C)(C[C@@H]1CNCCN1)C(N)=O.O=C1CC[C@@H](C(=O)O)N1.O=C1CC[C@@H](C(=O)O)N1. The first-order chi connectivity index (χ1) is 14.4. The number of primary amides is 1. The van der Waals surface area contributed by atoms with E-state index in [0.717, 1.165) is 26.1 Å². The Bertz CT molecular complexity index is 641. The minimum atomic E-state index is -0.944. The Balaban J connectivity index is 0.000000239. The van der Waals surface area contributed by atoms with Gasteiger partial charge < -0.3 is 37.2 Å². The molecule has 176 valence electrons. The minimum absolute atomic E-state index is 0.164. The highest BCUT2D eigenvalue weighted by Gasteiger charge is 2.29. The van der Waals surface area contributed by atoms with Crippen molar-refractivity contribution >= 4 is 29.7 Å². The molecule has 3 atom stereocenters. The Kier molecular flexibility index (Phi) is 10.4. The molecule has 0 radical (unpaired) electrons. The molecule has 0 spiro atoms. The van der Waals surface area contributed by atoms with Gasteiger partial charge in [0.05, 0.1) is 0 Å². The Morgan fingerprint density at radius 2 is 1.45 bits per heavy atom. The standard InChI is InChI=1S/C9H19N3O.2C5H7NO3/c1-9(2,8(10)13)5-7-6-11-3-4-12-7;2*7-4-2-1-3(6-4)5(8)9/h7,11-12H,3-6H2,1-2H3,(H2,10,13);2*3H,1-2H2,(H,6,7)(H,8,9)/t7-;2*3-/m100/s1. The van der Waals surface area contributed by atoms with E-state index in [1.807, 2.05) is 13.8 Å². The number of aliphatic carboxylic acids is 2. The molecule has 0 aromatic heterocycles. The van der Waals surface area contributed by atoms with Gasteiger partial charge in [0.1, 0.15) is 12.1 Å². The van der Waals surface area contributed by atoms with E-state index in [1.165, 1.54) is 0 Å². The van der Waals surface area contributed by atoms with Gasteiger partial charge in [-0.3, -0.25) is 14.4 Å². The van der Waals surface area contributed by atoms with Gasteiger partial charge in [0, 0.05) is 43.9 Å². The third-order valence-electron chi connectivity index (χ3n) is 5.14. The number of hydrogen-bond donors (Lipinski definition) is 7. The molecule has 3 rings (SSSR count). The lowest BCUT2D eigenvalue weighted by Gasteiger charge is -2.30. The molecule has 0 bridgehead atoms. The van der Waals surface area contributed by atoms with E-state index < -0.39 is 29.4 Å². The van der Waals surface area contributed by atoms with Crippen LogP contribution in [-0.4, -0.2) is 77.6 Å². The van der Waals surface area contributed by atoms with Crippen molar-refractivity contribution in [3.05, 3.63) is 0 Å². The van der Waals surface area contributed by atoms with Crippen LogP contribution in [0.2, 0.25) is 0 Å². The third kappa shape index (κ3) is 9.75. The number of carboxylic acids is 2. The zero-order valence-corrected chi connectivity index (χ0v) is 17.9. The van der Waals surface area contributed by atoms with Crippen molar-refractivity contribution in [2.45, 2.75) is 64.1 Å². The van der Waals surface area contributed by atoms with Crippen LogP contribution in [0.5, 0.6) is 0 Å². The molecule has 3 fully saturated rings. The van der Waals surface area contributed by atoms with Crippen molar-refractivity contribution in [2.24, 2.45) is 11.1 Å². The summed E-state index contributed by atoms with van der Waals surface area (Å²) in [6.07, 6.45) is 2.34. The molecule has 0 aromatic rings. The second kappa shape index (κ2) is 12.2. The highest BCUT2D eigenvalue weighted by molar-refractivity contribution is 5.87. The lowest BCUT2D eigenvalue weighted by molar-refractivity contribution is -0.140. The molecule has 3 amide bonds. The first-order valence-corrected chi connectivity index (χ1v) is 10.2. The molecule has 3 saturated heterocycles. The minimum Gasteiger partial charge on any atom is -0.480 e. The number of piperazine rings is 1. The van der Waals surface area contributed by atoms with Crippen molar-refractivity contribution in [3.8, 4) is 0 Å². The van der Waals surface area contributed by atoms with Crippen LogP contribution >= 0.6 is 0 Å². The lowest BCUT2D eigenvalue weighted by atomic mass is 9.84. The van der Waals surface area contributed by atoms with E-state index in [-0.39, 0.29) is 17.7 Å². The highest BCUT2D eigenvalue weighted by atomic mass is 16.4. The van der Waals surface area contributed by atoms with E-state index in [1.54, 1.807) is 0 Å². The number of carbonyl (C=O) groups is 5. The number of carboxylic acid groups (broad SMARTS) is 2. The average molecular weight is 444 g/mol. The predicted molar refractivity (Wildman–Crippen MR) is 110 cm³/mol. The molecular formula is C19H33N5O7. The maximum absolute atomic E-state index is 11.1. The number of amides is 3. The molecule has 0 aromatic carbocycles. The fourth-order valence-corrected chi connectivity index (χ4v) is 3.17. The normalized spacial score (nSPS) is 25.2.